The third kappa shape index (κ3) is 7.04. The van der Waals surface area contributed by atoms with Crippen LogP contribution in [-0.4, -0.2) is 43.5 Å². The molecule has 0 fully saturated rings. The van der Waals surface area contributed by atoms with Crippen LogP contribution in [0, 0.1) is 0 Å². The molecule has 0 bridgehead atoms. The first kappa shape index (κ1) is 18.6. The van der Waals surface area contributed by atoms with Crippen LogP contribution in [-0.2, 0) is 16.0 Å². The maximum absolute atomic E-state index is 12.1. The van der Waals surface area contributed by atoms with Gasteiger partial charge in [0.2, 0.25) is 0 Å². The molecule has 1 aromatic heterocycles. The molecule has 0 radical (unpaired) electrons. The second-order valence-electron chi connectivity index (χ2n) is 6.66. The number of carbonyl (C=O) groups excluding carboxylic acids is 2. The Balaban J connectivity index is 2.33. The van der Waals surface area contributed by atoms with Gasteiger partial charge in [-0.1, -0.05) is 6.07 Å². The summed E-state index contributed by atoms with van der Waals surface area (Å²) in [6.07, 6.45) is 0.847. The third-order valence-corrected chi connectivity index (χ3v) is 4.27. The van der Waals surface area contributed by atoms with Crippen LogP contribution >= 0.6 is 11.3 Å². The van der Waals surface area contributed by atoms with E-state index in [1.54, 1.807) is 11.3 Å². The monoisotopic (exact) mass is 326 g/mol. The van der Waals surface area contributed by atoms with Gasteiger partial charge < -0.3 is 15.5 Å². The Kier molecular flexibility index (Phi) is 7.03. The Morgan fingerprint density at radius 2 is 2.05 bits per heavy atom. The molecule has 0 aliphatic heterocycles. The predicted molar refractivity (Wildman–Crippen MR) is 90.1 cm³/mol. The molecule has 6 heteroatoms. The zero-order valence-electron chi connectivity index (χ0n) is 14.2. The Bertz CT molecular complexity index is 480. The summed E-state index contributed by atoms with van der Waals surface area (Å²) in [6, 6.07) is 3.82. The van der Waals surface area contributed by atoms with Gasteiger partial charge in [-0.2, -0.15) is 0 Å². The number of hydrogen-bond donors (Lipinski definition) is 3. The summed E-state index contributed by atoms with van der Waals surface area (Å²) in [5, 5.41) is 7.89. The molecule has 124 valence electrons. The second kappa shape index (κ2) is 8.29. The first-order valence-corrected chi connectivity index (χ1v) is 8.50. The maximum Gasteiger partial charge on any atom is 0.278 e. The minimum Gasteiger partial charge on any atom is -0.351 e. The van der Waals surface area contributed by atoms with Crippen LogP contribution in [0.1, 0.15) is 32.6 Å². The third-order valence-electron chi connectivity index (χ3n) is 3.34. The lowest BCUT2D eigenvalue weighted by Gasteiger charge is -2.24. The molecule has 0 aromatic carbocycles. The van der Waals surface area contributed by atoms with E-state index in [0.29, 0.717) is 6.54 Å². The highest BCUT2D eigenvalue weighted by Crippen LogP contribution is 2.07. The summed E-state index contributed by atoms with van der Waals surface area (Å²) in [5.74, 6) is -0.0548. The van der Waals surface area contributed by atoms with Gasteiger partial charge in [-0.3, -0.25) is 9.59 Å². The van der Waals surface area contributed by atoms with Crippen molar-refractivity contribution in [1.29, 1.82) is 0 Å². The quantitative estimate of drug-likeness (QED) is 0.671. The summed E-state index contributed by atoms with van der Waals surface area (Å²) in [7, 11) is 1.87. The van der Waals surface area contributed by atoms with Gasteiger partial charge in [0.25, 0.3) is 11.8 Å². The Labute approximate surface area is 137 Å². The van der Waals surface area contributed by atoms with Gasteiger partial charge in [0.05, 0.1) is 7.05 Å². The van der Waals surface area contributed by atoms with E-state index in [2.05, 4.69) is 16.7 Å². The SMILES string of the molecule is C[C@H](C(=O)NCCc1cccs1)[NH+](C)CC(=O)NC(C)(C)C. The van der Waals surface area contributed by atoms with Crippen LogP contribution in [0.2, 0.25) is 0 Å². The highest BCUT2D eigenvalue weighted by Gasteiger charge is 2.25. The molecule has 0 saturated heterocycles. The maximum atomic E-state index is 12.1. The fourth-order valence-electron chi connectivity index (χ4n) is 2.01. The van der Waals surface area contributed by atoms with Gasteiger partial charge in [-0.15, -0.1) is 11.3 Å². The molecule has 1 heterocycles. The zero-order valence-corrected chi connectivity index (χ0v) is 15.0. The van der Waals surface area contributed by atoms with Gasteiger partial charge in [-0.25, -0.2) is 0 Å². The fraction of sp³-hybridized carbons (Fsp3) is 0.625. The minimum absolute atomic E-state index is 0.0161. The lowest BCUT2D eigenvalue weighted by Crippen LogP contribution is -3.15. The van der Waals surface area contributed by atoms with Crippen molar-refractivity contribution >= 4 is 23.2 Å². The van der Waals surface area contributed by atoms with Crippen LogP contribution in [0.4, 0.5) is 0 Å². The molecule has 1 unspecified atom stereocenters. The minimum atomic E-state index is -0.256. The molecule has 3 N–H and O–H groups in total. The average Bonchev–Trinajstić information content (AvgIpc) is 2.88. The van der Waals surface area contributed by atoms with Crippen molar-refractivity contribution in [2.24, 2.45) is 0 Å². The number of rotatable bonds is 7. The van der Waals surface area contributed by atoms with Gasteiger partial charge in [-0.05, 0) is 45.6 Å². The smallest absolute Gasteiger partial charge is 0.278 e. The number of hydrogen-bond acceptors (Lipinski definition) is 3. The van der Waals surface area contributed by atoms with Gasteiger partial charge in [0.1, 0.15) is 0 Å². The molecule has 1 rings (SSSR count). The first-order chi connectivity index (χ1) is 10.2. The molecule has 22 heavy (non-hydrogen) atoms. The largest absolute Gasteiger partial charge is 0.351 e. The highest BCUT2D eigenvalue weighted by atomic mass is 32.1. The number of nitrogens with one attached hydrogen (secondary N) is 3. The number of quaternary nitrogens is 1. The van der Waals surface area contributed by atoms with Crippen molar-refractivity contribution in [2.45, 2.75) is 45.7 Å². The molecule has 0 aliphatic rings. The standard InChI is InChI=1S/C16H27N3O2S/c1-12(19(5)11-14(20)18-16(2,3)4)15(21)17-9-8-13-7-6-10-22-13/h6-7,10,12H,8-9,11H2,1-5H3,(H,17,21)(H,18,20)/p+1/t12-/m1/s1. The van der Waals surface area contributed by atoms with E-state index in [-0.39, 0.29) is 29.9 Å². The van der Waals surface area contributed by atoms with E-state index in [0.717, 1.165) is 11.3 Å². The van der Waals surface area contributed by atoms with E-state index < -0.39 is 0 Å². The van der Waals surface area contributed by atoms with E-state index in [1.165, 1.54) is 4.88 Å². The van der Waals surface area contributed by atoms with Crippen LogP contribution in [0.5, 0.6) is 0 Å². The summed E-state index contributed by atoms with van der Waals surface area (Å²) in [6.45, 7) is 8.60. The first-order valence-electron chi connectivity index (χ1n) is 7.62. The molecule has 2 atom stereocenters. The van der Waals surface area contributed by atoms with Crippen LogP contribution in [0.15, 0.2) is 17.5 Å². The molecular formula is C16H28N3O2S+. The Morgan fingerprint density at radius 3 is 2.59 bits per heavy atom. The van der Waals surface area contributed by atoms with Crippen molar-refractivity contribution < 1.29 is 14.5 Å². The molecule has 0 aliphatic carbocycles. The average molecular weight is 326 g/mol. The summed E-state index contributed by atoms with van der Waals surface area (Å²) in [5.41, 5.74) is -0.246. The van der Waals surface area contributed by atoms with E-state index in [1.807, 2.05) is 46.2 Å². The van der Waals surface area contributed by atoms with Gasteiger partial charge in [0.15, 0.2) is 12.6 Å². The lowest BCUT2D eigenvalue weighted by molar-refractivity contribution is -0.886. The van der Waals surface area contributed by atoms with Crippen molar-refractivity contribution in [3.8, 4) is 0 Å². The fourth-order valence-corrected chi connectivity index (χ4v) is 2.72. The number of likely N-dealkylation sites (N-methyl/N-ethyl adjacent to an activating group) is 1. The number of amides is 2. The summed E-state index contributed by atoms with van der Waals surface area (Å²) >= 11 is 1.69. The normalized spacial score (nSPS) is 14.2. The molecule has 1 aromatic rings. The molecule has 5 nitrogen and oxygen atoms in total. The van der Waals surface area contributed by atoms with Crippen molar-refractivity contribution in [3.63, 3.8) is 0 Å². The number of thiophene rings is 1. The molecule has 0 saturated carbocycles. The topological polar surface area (TPSA) is 62.6 Å². The van der Waals surface area contributed by atoms with Crippen LogP contribution in [0.25, 0.3) is 0 Å². The Hall–Kier alpha value is -1.40. The highest BCUT2D eigenvalue weighted by molar-refractivity contribution is 7.09. The van der Waals surface area contributed by atoms with Crippen molar-refractivity contribution in [2.75, 3.05) is 20.1 Å². The molecular weight excluding hydrogens is 298 g/mol. The van der Waals surface area contributed by atoms with Gasteiger partial charge in [0, 0.05) is 17.0 Å². The van der Waals surface area contributed by atoms with Crippen molar-refractivity contribution in [3.05, 3.63) is 22.4 Å². The predicted octanol–water partition coefficient (Wildman–Crippen LogP) is 0.225. The molecule has 2 amide bonds. The van der Waals surface area contributed by atoms with Crippen LogP contribution < -0.4 is 15.5 Å². The van der Waals surface area contributed by atoms with E-state index in [4.69, 9.17) is 0 Å². The zero-order chi connectivity index (χ0) is 16.8. The number of carbonyl (C=O) groups is 2. The van der Waals surface area contributed by atoms with Gasteiger partial charge >= 0.3 is 0 Å². The molecule has 0 spiro atoms. The van der Waals surface area contributed by atoms with E-state index in [9.17, 15) is 9.59 Å². The lowest BCUT2D eigenvalue weighted by atomic mass is 10.1. The van der Waals surface area contributed by atoms with Crippen molar-refractivity contribution in [1.82, 2.24) is 10.6 Å². The van der Waals surface area contributed by atoms with E-state index >= 15 is 0 Å². The summed E-state index contributed by atoms with van der Waals surface area (Å²) < 4.78 is 0. The summed E-state index contributed by atoms with van der Waals surface area (Å²) in [4.78, 5) is 26.2. The second-order valence-corrected chi connectivity index (χ2v) is 7.70. The Morgan fingerprint density at radius 1 is 1.36 bits per heavy atom. The van der Waals surface area contributed by atoms with Crippen LogP contribution in [0.3, 0.4) is 0 Å².